The number of carbonyl (C=O) groups is 1. The Balaban J connectivity index is 1.27. The number of likely N-dealkylation sites (tertiary alicyclic amines) is 1. The van der Waals surface area contributed by atoms with Crippen molar-refractivity contribution in [1.82, 2.24) is 9.88 Å². The van der Waals surface area contributed by atoms with Crippen LogP contribution in [0.1, 0.15) is 61.0 Å². The van der Waals surface area contributed by atoms with Crippen molar-refractivity contribution >= 4 is 11.8 Å². The maximum absolute atomic E-state index is 13.7. The number of aromatic nitrogens is 1. The van der Waals surface area contributed by atoms with Crippen LogP contribution in [0, 0.1) is 0 Å². The topological polar surface area (TPSA) is 83.9 Å². The number of carboxylic acids is 1. The van der Waals surface area contributed by atoms with Gasteiger partial charge in [0.2, 0.25) is 0 Å². The highest BCUT2D eigenvalue weighted by molar-refractivity contribution is 5.77. The van der Waals surface area contributed by atoms with Crippen molar-refractivity contribution in [2.24, 2.45) is 0 Å². The summed E-state index contributed by atoms with van der Waals surface area (Å²) in [5.74, 6) is -2.92. The van der Waals surface area contributed by atoms with Crippen LogP contribution in [0.2, 0.25) is 0 Å². The third-order valence-electron chi connectivity index (χ3n) is 6.94. The minimum Gasteiger partial charge on any atom is -0.496 e. The first-order valence-corrected chi connectivity index (χ1v) is 12.6. The number of halogens is 2. The van der Waals surface area contributed by atoms with Crippen molar-refractivity contribution < 1.29 is 28.2 Å². The summed E-state index contributed by atoms with van der Waals surface area (Å²) in [6, 6.07) is 7.21. The van der Waals surface area contributed by atoms with Gasteiger partial charge in [-0.2, -0.15) is 0 Å². The summed E-state index contributed by atoms with van der Waals surface area (Å²) in [5, 5.41) is 13.3. The summed E-state index contributed by atoms with van der Waals surface area (Å²) in [4.78, 5) is 18.7. The first-order chi connectivity index (χ1) is 17.3. The number of methoxy groups -OCH3 is 1. The molecule has 0 radical (unpaired) electrons. The van der Waals surface area contributed by atoms with Crippen LogP contribution < -0.4 is 10.1 Å². The highest BCUT2D eigenvalue weighted by Crippen LogP contribution is 2.37. The van der Waals surface area contributed by atoms with E-state index in [2.05, 4.69) is 17.4 Å². The quantitative estimate of drug-likeness (QED) is 0.426. The van der Waals surface area contributed by atoms with Crippen LogP contribution >= 0.6 is 0 Å². The zero-order valence-corrected chi connectivity index (χ0v) is 20.9. The molecule has 7 nitrogen and oxygen atoms in total. The fraction of sp³-hybridized carbons (Fsp3) is 0.556. The Bertz CT molecular complexity index is 1060. The van der Waals surface area contributed by atoms with Crippen molar-refractivity contribution in [2.45, 2.75) is 63.5 Å². The van der Waals surface area contributed by atoms with Gasteiger partial charge in [0.15, 0.2) is 0 Å². The number of aryl methyl sites for hydroxylation is 2. The Hall–Kier alpha value is -2.78. The Labute approximate surface area is 210 Å². The second-order valence-corrected chi connectivity index (χ2v) is 9.66. The van der Waals surface area contributed by atoms with Gasteiger partial charge < -0.3 is 19.9 Å². The lowest BCUT2D eigenvalue weighted by molar-refractivity contribution is -0.143. The summed E-state index contributed by atoms with van der Waals surface area (Å²) in [6.07, 6.45) is 5.63. The van der Waals surface area contributed by atoms with Gasteiger partial charge in [0, 0.05) is 50.0 Å². The average Bonchev–Trinajstić information content (AvgIpc) is 3.31. The van der Waals surface area contributed by atoms with E-state index < -0.39 is 17.9 Å². The Kier molecular flexibility index (Phi) is 8.41. The lowest BCUT2D eigenvalue weighted by Gasteiger charge is -2.26. The Morgan fingerprint density at radius 2 is 2.14 bits per heavy atom. The van der Waals surface area contributed by atoms with Gasteiger partial charge >= 0.3 is 5.97 Å². The maximum Gasteiger partial charge on any atom is 0.325 e. The summed E-state index contributed by atoms with van der Waals surface area (Å²) < 4.78 is 38.8. The summed E-state index contributed by atoms with van der Waals surface area (Å²) in [7, 11) is 1.36. The molecule has 36 heavy (non-hydrogen) atoms. The number of alkyl halides is 2. The molecule has 0 aliphatic carbocycles. The van der Waals surface area contributed by atoms with Crippen molar-refractivity contribution in [3.63, 3.8) is 0 Å². The zero-order chi connectivity index (χ0) is 25.7. The molecule has 4 rings (SSSR count). The number of nitrogens with zero attached hydrogens (tertiary/aromatic N) is 2. The fourth-order valence-electron chi connectivity index (χ4n) is 4.99. The molecule has 2 atom stereocenters. The summed E-state index contributed by atoms with van der Waals surface area (Å²) >= 11 is 0. The number of aliphatic carboxylic acids is 1. The van der Waals surface area contributed by atoms with Crippen LogP contribution in [-0.4, -0.2) is 60.4 Å². The third kappa shape index (κ3) is 6.31. The minimum absolute atomic E-state index is 0.0665. The van der Waals surface area contributed by atoms with Crippen molar-refractivity contribution in [1.29, 1.82) is 0 Å². The van der Waals surface area contributed by atoms with Crippen LogP contribution in [0.15, 0.2) is 30.3 Å². The van der Waals surface area contributed by atoms with Gasteiger partial charge in [-0.05, 0) is 56.2 Å². The van der Waals surface area contributed by atoms with E-state index in [0.717, 1.165) is 63.5 Å². The molecule has 2 aliphatic rings. The number of benzene rings is 1. The second kappa shape index (κ2) is 11.5. The summed E-state index contributed by atoms with van der Waals surface area (Å²) in [5.41, 5.74) is 2.53. The van der Waals surface area contributed by atoms with Crippen molar-refractivity contribution in [2.75, 3.05) is 38.7 Å². The minimum atomic E-state index is -3.04. The predicted molar refractivity (Wildman–Crippen MR) is 133 cm³/mol. The van der Waals surface area contributed by atoms with Gasteiger partial charge in [-0.25, -0.2) is 13.8 Å². The number of ether oxygens (including phenoxy) is 2. The molecule has 2 aromatic rings. The first-order valence-electron chi connectivity index (χ1n) is 12.6. The van der Waals surface area contributed by atoms with Crippen LogP contribution in [-0.2, 0) is 28.3 Å². The van der Waals surface area contributed by atoms with Crippen LogP contribution in [0.4, 0.5) is 14.6 Å². The van der Waals surface area contributed by atoms with E-state index in [1.807, 2.05) is 4.90 Å². The number of nitrogens with one attached hydrogen (secondary N) is 1. The molecule has 2 N–H and O–H groups in total. The van der Waals surface area contributed by atoms with Gasteiger partial charge in [0.25, 0.3) is 5.92 Å². The molecule has 9 heteroatoms. The number of carboxylic acid groups (broad SMARTS) is 1. The maximum atomic E-state index is 13.7. The number of rotatable bonds is 11. The standard InChI is InChI=1S/C27H35F2N3O4/c1-27(28,29)19-9-11-22(23(16-19)35-2)24(26(33)34)32-14-12-21(17-32)36-15-4-3-7-20-10-8-18-6-5-13-30-25(18)31-20/h8-11,16,21,24H,3-7,12-15,17H2,1-2H3,(H,30,31)(H,33,34)/t21-,24+/m1/s1. The van der Waals surface area contributed by atoms with Gasteiger partial charge in [-0.1, -0.05) is 18.2 Å². The fourth-order valence-corrected chi connectivity index (χ4v) is 4.99. The van der Waals surface area contributed by atoms with Gasteiger partial charge in [0.05, 0.1) is 13.2 Å². The molecule has 3 heterocycles. The molecule has 1 aromatic carbocycles. The largest absolute Gasteiger partial charge is 0.496 e. The highest BCUT2D eigenvalue weighted by Gasteiger charge is 2.36. The number of hydrogen-bond acceptors (Lipinski definition) is 6. The molecule has 0 bridgehead atoms. The van der Waals surface area contributed by atoms with Gasteiger partial charge in [0.1, 0.15) is 17.6 Å². The molecule has 2 aliphatic heterocycles. The number of fused-ring (bicyclic) bond motifs is 1. The predicted octanol–water partition coefficient (Wildman–Crippen LogP) is 4.80. The molecule has 0 amide bonds. The molecule has 0 spiro atoms. The molecule has 196 valence electrons. The third-order valence-corrected chi connectivity index (χ3v) is 6.94. The SMILES string of the molecule is COc1cc(C(C)(F)F)ccc1[C@@H](C(=O)O)N1CC[C@@H](OCCCCc2ccc3c(n2)NCCC3)C1. The molecular formula is C27H35F2N3O4. The average molecular weight is 504 g/mol. The van der Waals surface area contributed by atoms with E-state index in [9.17, 15) is 18.7 Å². The molecule has 0 unspecified atom stereocenters. The Morgan fingerprint density at radius 1 is 1.31 bits per heavy atom. The molecule has 1 saturated heterocycles. The van der Waals surface area contributed by atoms with E-state index in [1.165, 1.54) is 30.9 Å². The highest BCUT2D eigenvalue weighted by atomic mass is 19.3. The molecule has 1 fully saturated rings. The molecule has 0 saturated carbocycles. The number of pyridine rings is 1. The monoisotopic (exact) mass is 503 g/mol. The van der Waals surface area contributed by atoms with Gasteiger partial charge in [-0.15, -0.1) is 0 Å². The van der Waals surface area contributed by atoms with E-state index in [-0.39, 0.29) is 17.4 Å². The van der Waals surface area contributed by atoms with Crippen LogP contribution in [0.5, 0.6) is 5.75 Å². The van der Waals surface area contributed by atoms with Crippen LogP contribution in [0.25, 0.3) is 0 Å². The summed E-state index contributed by atoms with van der Waals surface area (Å²) in [6.45, 7) is 3.39. The number of unbranched alkanes of at least 4 members (excludes halogenated alkanes) is 1. The van der Waals surface area contributed by atoms with E-state index in [4.69, 9.17) is 14.5 Å². The smallest absolute Gasteiger partial charge is 0.325 e. The first kappa shape index (κ1) is 26.3. The van der Waals surface area contributed by atoms with Crippen molar-refractivity contribution in [3.8, 4) is 5.75 Å². The molecular weight excluding hydrogens is 468 g/mol. The second-order valence-electron chi connectivity index (χ2n) is 9.66. The van der Waals surface area contributed by atoms with Gasteiger partial charge in [-0.3, -0.25) is 9.69 Å². The van der Waals surface area contributed by atoms with Crippen molar-refractivity contribution in [3.05, 3.63) is 52.7 Å². The lowest BCUT2D eigenvalue weighted by Crippen LogP contribution is -2.34. The lowest BCUT2D eigenvalue weighted by atomic mass is 10.00. The van der Waals surface area contributed by atoms with E-state index >= 15 is 0 Å². The number of anilines is 1. The van der Waals surface area contributed by atoms with Crippen LogP contribution in [0.3, 0.4) is 0 Å². The van der Waals surface area contributed by atoms with E-state index in [0.29, 0.717) is 25.3 Å². The van der Waals surface area contributed by atoms with E-state index in [1.54, 1.807) is 0 Å². The normalized spacial score (nSPS) is 18.9. The Morgan fingerprint density at radius 3 is 2.89 bits per heavy atom. The zero-order valence-electron chi connectivity index (χ0n) is 20.9. The number of hydrogen-bond donors (Lipinski definition) is 2. The molecule has 1 aromatic heterocycles.